The first kappa shape index (κ1) is 15.5. The van der Waals surface area contributed by atoms with E-state index in [-0.39, 0.29) is 5.56 Å². The normalized spacial score (nSPS) is 12.5. The molecule has 0 fully saturated rings. The van der Waals surface area contributed by atoms with Gasteiger partial charge in [0.2, 0.25) is 0 Å². The van der Waals surface area contributed by atoms with Crippen LogP contribution in [0.4, 0.5) is 4.39 Å². The average Bonchev–Trinajstić information content (AvgIpc) is 2.45. The predicted octanol–water partition coefficient (Wildman–Crippen LogP) is 4.58. The van der Waals surface area contributed by atoms with E-state index in [2.05, 4.69) is 26.0 Å². The molecule has 0 aliphatic carbocycles. The van der Waals surface area contributed by atoms with Crippen LogP contribution in [0.3, 0.4) is 0 Å². The largest absolute Gasteiger partial charge is 0.489 e. The van der Waals surface area contributed by atoms with Crippen molar-refractivity contribution in [3.8, 4) is 5.75 Å². The molecule has 0 saturated heterocycles. The zero-order chi connectivity index (χ0) is 15.4. The van der Waals surface area contributed by atoms with Gasteiger partial charge >= 0.3 is 0 Å². The molecule has 0 aliphatic rings. The molecule has 3 heteroatoms. The number of benzene rings is 2. The Hall–Kier alpha value is -1.87. The van der Waals surface area contributed by atoms with Gasteiger partial charge in [-0.3, -0.25) is 0 Å². The summed E-state index contributed by atoms with van der Waals surface area (Å²) in [7, 11) is 0. The SMILES string of the molecule is CC(C)c1ccc(COc2ccc(C(C)O)c(F)c2)cc1. The first-order valence-corrected chi connectivity index (χ1v) is 7.16. The molecule has 1 N–H and O–H groups in total. The number of halogens is 1. The summed E-state index contributed by atoms with van der Waals surface area (Å²) in [6.07, 6.45) is -0.817. The van der Waals surface area contributed by atoms with Gasteiger partial charge in [-0.1, -0.05) is 38.1 Å². The van der Waals surface area contributed by atoms with Crippen LogP contribution in [-0.4, -0.2) is 5.11 Å². The van der Waals surface area contributed by atoms with Crippen molar-refractivity contribution in [3.05, 3.63) is 65.0 Å². The quantitative estimate of drug-likeness (QED) is 0.872. The lowest BCUT2D eigenvalue weighted by atomic mass is 10.0. The number of hydrogen-bond acceptors (Lipinski definition) is 2. The van der Waals surface area contributed by atoms with E-state index in [4.69, 9.17) is 4.74 Å². The molecule has 0 heterocycles. The van der Waals surface area contributed by atoms with Crippen molar-refractivity contribution in [2.24, 2.45) is 0 Å². The average molecular weight is 288 g/mol. The molecule has 0 bridgehead atoms. The summed E-state index contributed by atoms with van der Waals surface area (Å²) in [5.41, 5.74) is 2.61. The molecule has 0 saturated carbocycles. The molecule has 0 radical (unpaired) electrons. The Morgan fingerprint density at radius 2 is 1.71 bits per heavy atom. The second-order valence-electron chi connectivity index (χ2n) is 5.54. The fourth-order valence-corrected chi connectivity index (χ4v) is 2.10. The van der Waals surface area contributed by atoms with Crippen LogP contribution in [-0.2, 0) is 6.61 Å². The molecule has 0 aromatic heterocycles. The smallest absolute Gasteiger partial charge is 0.132 e. The first-order valence-electron chi connectivity index (χ1n) is 7.16. The predicted molar refractivity (Wildman–Crippen MR) is 81.9 cm³/mol. The number of aliphatic hydroxyl groups excluding tert-OH is 1. The summed E-state index contributed by atoms with van der Waals surface area (Å²) < 4.78 is 19.3. The highest BCUT2D eigenvalue weighted by Gasteiger charge is 2.09. The topological polar surface area (TPSA) is 29.5 Å². The number of rotatable bonds is 5. The Morgan fingerprint density at radius 3 is 2.24 bits per heavy atom. The molecule has 0 aliphatic heterocycles. The van der Waals surface area contributed by atoms with E-state index >= 15 is 0 Å². The van der Waals surface area contributed by atoms with Gasteiger partial charge in [-0.25, -0.2) is 4.39 Å². The van der Waals surface area contributed by atoms with Crippen LogP contribution in [0.15, 0.2) is 42.5 Å². The van der Waals surface area contributed by atoms with Crippen LogP contribution in [0, 0.1) is 5.82 Å². The molecule has 1 atom stereocenters. The maximum absolute atomic E-state index is 13.7. The van der Waals surface area contributed by atoms with Gasteiger partial charge in [-0.05, 0) is 36.1 Å². The van der Waals surface area contributed by atoms with Crippen LogP contribution in [0.25, 0.3) is 0 Å². The van der Waals surface area contributed by atoms with Gasteiger partial charge in [0.25, 0.3) is 0 Å². The van der Waals surface area contributed by atoms with Crippen LogP contribution < -0.4 is 4.74 Å². The fourth-order valence-electron chi connectivity index (χ4n) is 2.10. The fraction of sp³-hybridized carbons (Fsp3) is 0.333. The Kier molecular flexibility index (Phi) is 4.97. The summed E-state index contributed by atoms with van der Waals surface area (Å²) in [4.78, 5) is 0. The zero-order valence-electron chi connectivity index (χ0n) is 12.6. The summed E-state index contributed by atoms with van der Waals surface area (Å²) in [5, 5.41) is 9.39. The zero-order valence-corrected chi connectivity index (χ0v) is 12.6. The minimum absolute atomic E-state index is 0.281. The van der Waals surface area contributed by atoms with E-state index in [0.717, 1.165) is 5.56 Å². The molecule has 0 amide bonds. The minimum atomic E-state index is -0.817. The van der Waals surface area contributed by atoms with E-state index in [1.165, 1.54) is 18.6 Å². The van der Waals surface area contributed by atoms with Crippen molar-refractivity contribution in [1.82, 2.24) is 0 Å². The van der Waals surface area contributed by atoms with E-state index in [1.807, 2.05) is 12.1 Å². The van der Waals surface area contributed by atoms with E-state index < -0.39 is 11.9 Å². The Bertz CT molecular complexity index is 589. The molecule has 1 unspecified atom stereocenters. The van der Waals surface area contributed by atoms with Crippen LogP contribution >= 0.6 is 0 Å². The molecule has 2 rings (SSSR count). The Morgan fingerprint density at radius 1 is 1.05 bits per heavy atom. The lowest BCUT2D eigenvalue weighted by Crippen LogP contribution is -1.99. The maximum atomic E-state index is 13.7. The van der Waals surface area contributed by atoms with Crippen molar-refractivity contribution < 1.29 is 14.2 Å². The number of ether oxygens (including phenoxy) is 1. The van der Waals surface area contributed by atoms with E-state index in [0.29, 0.717) is 18.3 Å². The number of hydrogen-bond donors (Lipinski definition) is 1. The van der Waals surface area contributed by atoms with Crippen LogP contribution in [0.1, 0.15) is 49.5 Å². The summed E-state index contributed by atoms with van der Waals surface area (Å²) in [5.74, 6) is 0.518. The highest BCUT2D eigenvalue weighted by Crippen LogP contribution is 2.22. The minimum Gasteiger partial charge on any atom is -0.489 e. The van der Waals surface area contributed by atoms with Crippen LogP contribution in [0.5, 0.6) is 5.75 Å². The molecular formula is C18H21FO2. The highest BCUT2D eigenvalue weighted by molar-refractivity contribution is 5.31. The van der Waals surface area contributed by atoms with Crippen molar-refractivity contribution in [2.45, 2.75) is 39.4 Å². The summed E-state index contributed by atoms with van der Waals surface area (Å²) >= 11 is 0. The van der Waals surface area contributed by atoms with Gasteiger partial charge in [0.15, 0.2) is 0 Å². The van der Waals surface area contributed by atoms with Gasteiger partial charge in [0.1, 0.15) is 18.2 Å². The van der Waals surface area contributed by atoms with Gasteiger partial charge in [0, 0.05) is 11.6 Å². The van der Waals surface area contributed by atoms with Gasteiger partial charge < -0.3 is 9.84 Å². The summed E-state index contributed by atoms with van der Waals surface area (Å²) in [6, 6.07) is 12.8. The molecule has 0 spiro atoms. The second-order valence-corrected chi connectivity index (χ2v) is 5.54. The summed E-state index contributed by atoms with van der Waals surface area (Å²) in [6.45, 7) is 6.23. The van der Waals surface area contributed by atoms with Crippen molar-refractivity contribution in [2.75, 3.05) is 0 Å². The number of aliphatic hydroxyl groups is 1. The third-order valence-electron chi connectivity index (χ3n) is 3.47. The third-order valence-corrected chi connectivity index (χ3v) is 3.47. The standard InChI is InChI=1S/C18H21FO2/c1-12(2)15-6-4-14(5-7-15)11-21-16-8-9-17(13(3)20)18(19)10-16/h4-10,12-13,20H,11H2,1-3H3. The van der Waals surface area contributed by atoms with Gasteiger partial charge in [-0.15, -0.1) is 0 Å². The van der Waals surface area contributed by atoms with E-state index in [1.54, 1.807) is 12.1 Å². The second kappa shape index (κ2) is 6.72. The Balaban J connectivity index is 2.01. The molecule has 2 aromatic carbocycles. The van der Waals surface area contributed by atoms with Gasteiger partial charge in [0.05, 0.1) is 6.10 Å². The first-order chi connectivity index (χ1) is 9.97. The van der Waals surface area contributed by atoms with Gasteiger partial charge in [-0.2, -0.15) is 0 Å². The monoisotopic (exact) mass is 288 g/mol. The van der Waals surface area contributed by atoms with Crippen molar-refractivity contribution in [1.29, 1.82) is 0 Å². The molecular weight excluding hydrogens is 267 g/mol. The molecule has 2 nitrogen and oxygen atoms in total. The van der Waals surface area contributed by atoms with E-state index in [9.17, 15) is 9.50 Å². The molecule has 21 heavy (non-hydrogen) atoms. The lowest BCUT2D eigenvalue weighted by Gasteiger charge is -2.11. The van der Waals surface area contributed by atoms with Crippen molar-refractivity contribution in [3.63, 3.8) is 0 Å². The lowest BCUT2D eigenvalue weighted by molar-refractivity contribution is 0.194. The van der Waals surface area contributed by atoms with Crippen LogP contribution in [0.2, 0.25) is 0 Å². The third kappa shape index (κ3) is 4.05. The molecule has 2 aromatic rings. The Labute approximate surface area is 125 Å². The maximum Gasteiger partial charge on any atom is 0.132 e. The molecule has 112 valence electrons. The highest BCUT2D eigenvalue weighted by atomic mass is 19.1. The van der Waals surface area contributed by atoms with Crippen molar-refractivity contribution >= 4 is 0 Å².